The Labute approximate surface area is 207 Å². The van der Waals surface area contributed by atoms with Gasteiger partial charge in [0.2, 0.25) is 11.8 Å². The number of pyridine rings is 1. The number of benzene rings is 2. The van der Waals surface area contributed by atoms with Crippen LogP contribution >= 0.6 is 0 Å². The van der Waals surface area contributed by atoms with E-state index in [-0.39, 0.29) is 18.0 Å². The largest absolute Gasteiger partial charge is 0.493 e. The van der Waals surface area contributed by atoms with E-state index in [2.05, 4.69) is 10.1 Å². The second-order valence-corrected chi connectivity index (χ2v) is 8.49. The lowest BCUT2D eigenvalue weighted by Gasteiger charge is -2.21. The molecule has 0 aliphatic carbocycles. The predicted octanol–water partition coefficient (Wildman–Crippen LogP) is 3.21. The Bertz CT molecular complexity index is 1510. The van der Waals surface area contributed by atoms with E-state index in [9.17, 15) is 9.59 Å². The molecule has 0 spiro atoms. The molecule has 0 N–H and O–H groups in total. The summed E-state index contributed by atoms with van der Waals surface area (Å²) in [4.78, 5) is 32.5. The molecule has 2 aromatic heterocycles. The van der Waals surface area contributed by atoms with Gasteiger partial charge in [-0.15, -0.1) is 0 Å². The molecule has 9 nitrogen and oxygen atoms in total. The number of hydrogen-bond donors (Lipinski definition) is 0. The maximum atomic E-state index is 13.3. The zero-order valence-corrected chi connectivity index (χ0v) is 20.4. The molecule has 0 saturated carbocycles. The van der Waals surface area contributed by atoms with Crippen molar-refractivity contribution < 1.29 is 19.0 Å². The minimum absolute atomic E-state index is 0.159. The highest BCUT2D eigenvalue weighted by atomic mass is 16.5. The van der Waals surface area contributed by atoms with E-state index in [1.807, 2.05) is 43.3 Å². The number of amides is 1. The van der Waals surface area contributed by atoms with Crippen LogP contribution in [-0.2, 0) is 17.9 Å². The van der Waals surface area contributed by atoms with Gasteiger partial charge in [-0.25, -0.2) is 9.67 Å². The number of carbonyl (C=O) groups is 1. The Hall–Kier alpha value is -4.40. The molecule has 0 unspecified atom stereocenters. The molecule has 3 heterocycles. The number of aromatic nitrogens is 3. The third-order valence-electron chi connectivity index (χ3n) is 6.24. The van der Waals surface area contributed by atoms with Gasteiger partial charge >= 0.3 is 0 Å². The fraction of sp³-hybridized carbons (Fsp3) is 0.259. The molecule has 0 atom stereocenters. The highest BCUT2D eigenvalue weighted by Crippen LogP contribution is 2.38. The molecule has 1 aliphatic rings. The van der Waals surface area contributed by atoms with Crippen LogP contribution in [0.4, 0.5) is 0 Å². The number of rotatable bonds is 5. The van der Waals surface area contributed by atoms with Crippen molar-refractivity contribution in [2.75, 3.05) is 27.4 Å². The highest BCUT2D eigenvalue weighted by molar-refractivity contribution is 5.84. The molecular weight excluding hydrogens is 460 g/mol. The number of hydrogen-bond acceptors (Lipinski definition) is 7. The van der Waals surface area contributed by atoms with Crippen molar-refractivity contribution in [2.45, 2.75) is 20.0 Å². The maximum Gasteiger partial charge on any atom is 0.275 e. The van der Waals surface area contributed by atoms with Crippen molar-refractivity contribution >= 4 is 16.7 Å². The van der Waals surface area contributed by atoms with Gasteiger partial charge in [0.05, 0.1) is 37.5 Å². The monoisotopic (exact) mass is 486 g/mol. The first-order valence-corrected chi connectivity index (χ1v) is 11.6. The molecule has 0 fully saturated rings. The average Bonchev–Trinajstić information content (AvgIpc) is 3.14. The minimum Gasteiger partial charge on any atom is -0.493 e. The first kappa shape index (κ1) is 23.3. The summed E-state index contributed by atoms with van der Waals surface area (Å²) >= 11 is 0. The van der Waals surface area contributed by atoms with Gasteiger partial charge in [0, 0.05) is 29.1 Å². The Balaban J connectivity index is 1.46. The number of ether oxygens (including phenoxy) is 3. The highest BCUT2D eigenvalue weighted by Gasteiger charge is 2.24. The van der Waals surface area contributed by atoms with Crippen LogP contribution in [0.5, 0.6) is 17.4 Å². The van der Waals surface area contributed by atoms with Crippen LogP contribution in [0.1, 0.15) is 11.3 Å². The molecule has 1 amide bonds. The van der Waals surface area contributed by atoms with Crippen molar-refractivity contribution in [3.8, 4) is 28.6 Å². The van der Waals surface area contributed by atoms with Gasteiger partial charge in [0.15, 0.2) is 11.5 Å². The molecule has 5 rings (SSSR count). The van der Waals surface area contributed by atoms with Crippen LogP contribution in [0.25, 0.3) is 22.0 Å². The number of carbonyl (C=O) groups excluding carboxylic acids is 1. The van der Waals surface area contributed by atoms with E-state index in [1.54, 1.807) is 37.3 Å². The SMILES string of the molecule is COc1cccc(-c2cc3c(c(OC)c2)OCCN(C(=O)Cn2nc(C)c4ccccc4c2=O)C3)n1. The Morgan fingerprint density at radius 2 is 1.86 bits per heavy atom. The zero-order valence-electron chi connectivity index (χ0n) is 20.4. The Morgan fingerprint density at radius 1 is 1.06 bits per heavy atom. The standard InChI is InChI=1S/C27H26N4O5/c1-17-20-7-4-5-8-21(20)27(33)31(29-17)16-25(32)30-11-12-36-26-19(15-30)13-18(14-23(26)34-2)22-9-6-10-24(28-22)35-3/h4-10,13-14H,11-12,15-16H2,1-3H3. The normalized spacial score (nSPS) is 13.0. The van der Waals surface area contributed by atoms with E-state index in [0.29, 0.717) is 53.8 Å². The molecule has 36 heavy (non-hydrogen) atoms. The van der Waals surface area contributed by atoms with Crippen LogP contribution in [0.3, 0.4) is 0 Å². The molecule has 1 aliphatic heterocycles. The first-order chi connectivity index (χ1) is 17.5. The number of nitrogens with zero attached hydrogens (tertiary/aromatic N) is 4. The molecule has 0 bridgehead atoms. The lowest BCUT2D eigenvalue weighted by Crippen LogP contribution is -2.38. The van der Waals surface area contributed by atoms with Crippen LogP contribution in [0, 0.1) is 6.92 Å². The Morgan fingerprint density at radius 3 is 2.64 bits per heavy atom. The van der Waals surface area contributed by atoms with Crippen molar-refractivity contribution in [2.24, 2.45) is 0 Å². The molecule has 9 heteroatoms. The van der Waals surface area contributed by atoms with Crippen LogP contribution < -0.4 is 19.8 Å². The summed E-state index contributed by atoms with van der Waals surface area (Å²) in [5, 5.41) is 5.72. The van der Waals surface area contributed by atoms with Gasteiger partial charge < -0.3 is 19.1 Å². The molecule has 2 aromatic carbocycles. The average molecular weight is 487 g/mol. The van der Waals surface area contributed by atoms with Gasteiger partial charge in [0.1, 0.15) is 13.2 Å². The van der Waals surface area contributed by atoms with Crippen molar-refractivity contribution in [3.05, 3.63) is 76.2 Å². The summed E-state index contributed by atoms with van der Waals surface area (Å²) in [6.07, 6.45) is 0. The third kappa shape index (κ3) is 4.35. The van der Waals surface area contributed by atoms with Crippen LogP contribution in [-0.4, -0.2) is 52.9 Å². The van der Waals surface area contributed by atoms with E-state index in [4.69, 9.17) is 14.2 Å². The van der Waals surface area contributed by atoms with Crippen molar-refractivity contribution in [3.63, 3.8) is 0 Å². The summed E-state index contributed by atoms with van der Waals surface area (Å²) in [6.45, 7) is 2.63. The Kier molecular flexibility index (Phi) is 6.28. The van der Waals surface area contributed by atoms with Crippen molar-refractivity contribution in [1.82, 2.24) is 19.7 Å². The third-order valence-corrected chi connectivity index (χ3v) is 6.24. The summed E-state index contributed by atoms with van der Waals surface area (Å²) < 4.78 is 18.1. The quantitative estimate of drug-likeness (QED) is 0.427. The second kappa shape index (κ2) is 9.69. The van der Waals surface area contributed by atoms with E-state index in [0.717, 1.165) is 16.5 Å². The van der Waals surface area contributed by atoms with Gasteiger partial charge in [-0.2, -0.15) is 5.10 Å². The fourth-order valence-electron chi connectivity index (χ4n) is 4.43. The van der Waals surface area contributed by atoms with E-state index in [1.165, 1.54) is 4.68 Å². The van der Waals surface area contributed by atoms with Gasteiger partial charge in [-0.1, -0.05) is 24.3 Å². The van der Waals surface area contributed by atoms with Crippen LogP contribution in [0.15, 0.2) is 59.4 Å². The summed E-state index contributed by atoms with van der Waals surface area (Å²) in [5.41, 5.74) is 2.71. The lowest BCUT2D eigenvalue weighted by atomic mass is 10.0. The minimum atomic E-state index is -0.288. The lowest BCUT2D eigenvalue weighted by molar-refractivity contribution is -0.132. The molecular formula is C27H26N4O5. The molecule has 4 aromatic rings. The topological polar surface area (TPSA) is 95.8 Å². The van der Waals surface area contributed by atoms with Gasteiger partial charge in [0.25, 0.3) is 5.56 Å². The van der Waals surface area contributed by atoms with Crippen LogP contribution in [0.2, 0.25) is 0 Å². The van der Waals surface area contributed by atoms with Gasteiger partial charge in [-0.3, -0.25) is 9.59 Å². The summed E-state index contributed by atoms with van der Waals surface area (Å²) in [6, 6.07) is 16.6. The van der Waals surface area contributed by atoms with Crippen molar-refractivity contribution in [1.29, 1.82) is 0 Å². The number of aryl methyl sites for hydroxylation is 1. The fourth-order valence-corrected chi connectivity index (χ4v) is 4.43. The number of methoxy groups -OCH3 is 2. The summed E-state index contributed by atoms with van der Waals surface area (Å²) in [5.74, 6) is 1.43. The second-order valence-electron chi connectivity index (χ2n) is 8.49. The van der Waals surface area contributed by atoms with E-state index >= 15 is 0 Å². The maximum absolute atomic E-state index is 13.3. The van der Waals surface area contributed by atoms with Gasteiger partial charge in [-0.05, 0) is 31.2 Å². The molecule has 0 radical (unpaired) electrons. The summed E-state index contributed by atoms with van der Waals surface area (Å²) in [7, 11) is 3.15. The van der Waals surface area contributed by atoms with E-state index < -0.39 is 0 Å². The smallest absolute Gasteiger partial charge is 0.275 e. The predicted molar refractivity (Wildman–Crippen MR) is 134 cm³/mol. The first-order valence-electron chi connectivity index (χ1n) is 11.6. The molecule has 0 saturated heterocycles. The number of fused-ring (bicyclic) bond motifs is 2. The zero-order chi connectivity index (χ0) is 25.2. The molecule has 184 valence electrons.